The molecular weight excluding hydrogens is 355 g/mol. The predicted octanol–water partition coefficient (Wildman–Crippen LogP) is 4.71. The second-order valence-corrected chi connectivity index (χ2v) is 6.24. The van der Waals surface area contributed by atoms with Gasteiger partial charge < -0.3 is 9.88 Å². The maximum Gasteiger partial charge on any atom is 0.296 e. The molecule has 0 aliphatic rings. The van der Waals surface area contributed by atoms with E-state index in [1.165, 1.54) is 6.07 Å². The summed E-state index contributed by atoms with van der Waals surface area (Å²) in [4.78, 5) is 24.9. The Labute approximate surface area is 155 Å². The van der Waals surface area contributed by atoms with Gasteiger partial charge in [-0.15, -0.1) is 0 Å². The third kappa shape index (κ3) is 3.26. The van der Waals surface area contributed by atoms with E-state index >= 15 is 0 Å². The minimum absolute atomic E-state index is 0.218. The molecule has 0 spiro atoms. The van der Waals surface area contributed by atoms with Gasteiger partial charge in [0.2, 0.25) is 0 Å². The topological polar surface area (TPSA) is 51.1 Å². The summed E-state index contributed by atoms with van der Waals surface area (Å²) >= 11 is 6.01. The van der Waals surface area contributed by atoms with Crippen molar-refractivity contribution in [2.75, 3.05) is 5.32 Å². The molecule has 0 aliphatic carbocycles. The standard InChI is InChI=1S/C20H16ClFN2O2/c1-12-11-14(13(2)24(12)18-10-6-4-8-16(18)22)19(25)20(26)23-17-9-5-3-7-15(17)21/h3-11H,1-2H3,(H,23,26). The third-order valence-electron chi connectivity index (χ3n) is 4.10. The van der Waals surface area contributed by atoms with Crippen molar-refractivity contribution >= 4 is 29.0 Å². The van der Waals surface area contributed by atoms with Crippen LogP contribution >= 0.6 is 11.6 Å². The number of anilines is 1. The number of carbonyl (C=O) groups excluding carboxylic acids is 2. The van der Waals surface area contributed by atoms with Gasteiger partial charge in [0.25, 0.3) is 11.7 Å². The number of halogens is 2. The summed E-state index contributed by atoms with van der Waals surface area (Å²) in [5.41, 5.74) is 2.05. The number of hydrogen-bond acceptors (Lipinski definition) is 2. The van der Waals surface area contributed by atoms with Gasteiger partial charge in [-0.2, -0.15) is 0 Å². The molecule has 1 N–H and O–H groups in total. The Bertz CT molecular complexity index is 1010. The van der Waals surface area contributed by atoms with Crippen LogP contribution in [-0.2, 0) is 4.79 Å². The molecule has 0 radical (unpaired) electrons. The lowest BCUT2D eigenvalue weighted by molar-refractivity contribution is -0.112. The quantitative estimate of drug-likeness (QED) is 0.534. The Balaban J connectivity index is 1.94. The highest BCUT2D eigenvalue weighted by Gasteiger charge is 2.23. The van der Waals surface area contributed by atoms with Gasteiger partial charge in [0.1, 0.15) is 5.82 Å². The average molecular weight is 371 g/mol. The van der Waals surface area contributed by atoms with Crippen LogP contribution in [0.1, 0.15) is 21.7 Å². The molecule has 132 valence electrons. The van der Waals surface area contributed by atoms with E-state index in [-0.39, 0.29) is 5.56 Å². The molecule has 0 bridgehead atoms. The lowest BCUT2D eigenvalue weighted by Crippen LogP contribution is -2.23. The Morgan fingerprint density at radius 2 is 1.69 bits per heavy atom. The van der Waals surface area contributed by atoms with E-state index in [0.717, 1.165) is 0 Å². The number of ketones is 1. The van der Waals surface area contributed by atoms with Gasteiger partial charge in [-0.05, 0) is 44.2 Å². The molecule has 0 saturated heterocycles. The van der Waals surface area contributed by atoms with Gasteiger partial charge in [-0.3, -0.25) is 9.59 Å². The zero-order valence-electron chi connectivity index (χ0n) is 14.2. The number of amides is 1. The first-order chi connectivity index (χ1) is 12.4. The predicted molar refractivity (Wildman–Crippen MR) is 99.6 cm³/mol. The number of nitrogens with zero attached hydrogens (tertiary/aromatic N) is 1. The number of hydrogen-bond donors (Lipinski definition) is 1. The molecule has 0 atom stereocenters. The number of Topliss-reactive ketones (excluding diaryl/α,β-unsaturated/α-hetero) is 1. The molecule has 4 nitrogen and oxygen atoms in total. The van der Waals surface area contributed by atoms with Gasteiger partial charge in [0.15, 0.2) is 0 Å². The van der Waals surface area contributed by atoms with Gasteiger partial charge >= 0.3 is 0 Å². The fourth-order valence-electron chi connectivity index (χ4n) is 2.86. The van der Waals surface area contributed by atoms with Crippen LogP contribution in [0, 0.1) is 19.7 Å². The monoisotopic (exact) mass is 370 g/mol. The van der Waals surface area contributed by atoms with Crippen LogP contribution in [0.15, 0.2) is 54.6 Å². The summed E-state index contributed by atoms with van der Waals surface area (Å²) in [6.45, 7) is 3.43. The van der Waals surface area contributed by atoms with Gasteiger partial charge in [-0.1, -0.05) is 35.9 Å². The summed E-state index contributed by atoms with van der Waals surface area (Å²) in [5.74, 6) is -1.92. The van der Waals surface area contributed by atoms with Crippen LogP contribution in [0.3, 0.4) is 0 Å². The molecule has 0 saturated carbocycles. The van der Waals surface area contributed by atoms with Crippen molar-refractivity contribution in [1.29, 1.82) is 0 Å². The number of aromatic nitrogens is 1. The molecule has 26 heavy (non-hydrogen) atoms. The molecule has 3 rings (SSSR count). The molecule has 1 heterocycles. The first kappa shape index (κ1) is 17.9. The molecule has 0 fully saturated rings. The van der Waals surface area contributed by atoms with E-state index in [2.05, 4.69) is 5.32 Å². The summed E-state index contributed by atoms with van der Waals surface area (Å²) in [5, 5.41) is 2.85. The van der Waals surface area contributed by atoms with Crippen LogP contribution in [0.5, 0.6) is 0 Å². The molecule has 6 heteroatoms. The number of nitrogens with one attached hydrogen (secondary N) is 1. The summed E-state index contributed by atoms with van der Waals surface area (Å²) in [7, 11) is 0. The minimum atomic E-state index is -0.799. The van der Waals surface area contributed by atoms with Crippen molar-refractivity contribution in [3.05, 3.63) is 82.4 Å². The second-order valence-electron chi connectivity index (χ2n) is 5.83. The van der Waals surface area contributed by atoms with Crippen LogP contribution < -0.4 is 5.32 Å². The Morgan fingerprint density at radius 3 is 2.38 bits per heavy atom. The van der Waals surface area contributed by atoms with Gasteiger partial charge in [0, 0.05) is 17.0 Å². The fraction of sp³-hybridized carbons (Fsp3) is 0.100. The average Bonchev–Trinajstić information content (AvgIpc) is 2.91. The number of benzene rings is 2. The van der Waals surface area contributed by atoms with Gasteiger partial charge in [-0.25, -0.2) is 4.39 Å². The van der Waals surface area contributed by atoms with Crippen molar-refractivity contribution in [2.45, 2.75) is 13.8 Å². The van der Waals surface area contributed by atoms with Crippen molar-refractivity contribution in [3.63, 3.8) is 0 Å². The van der Waals surface area contributed by atoms with E-state index in [9.17, 15) is 14.0 Å². The van der Waals surface area contributed by atoms with E-state index in [0.29, 0.717) is 27.8 Å². The molecular formula is C20H16ClFN2O2. The highest BCUT2D eigenvalue weighted by molar-refractivity contribution is 6.47. The second kappa shape index (κ2) is 7.14. The molecule has 1 aromatic heterocycles. The number of para-hydroxylation sites is 2. The molecule has 3 aromatic rings. The highest BCUT2D eigenvalue weighted by atomic mass is 35.5. The van der Waals surface area contributed by atoms with E-state index in [1.807, 2.05) is 0 Å². The minimum Gasteiger partial charge on any atom is -0.318 e. The lowest BCUT2D eigenvalue weighted by Gasteiger charge is -2.11. The smallest absolute Gasteiger partial charge is 0.296 e. The molecule has 1 amide bonds. The van der Waals surface area contributed by atoms with E-state index in [1.54, 1.807) is 66.9 Å². The largest absolute Gasteiger partial charge is 0.318 e. The Hall–Kier alpha value is -2.92. The highest BCUT2D eigenvalue weighted by Crippen LogP contribution is 2.24. The number of aryl methyl sites for hydroxylation is 1. The van der Waals surface area contributed by atoms with Crippen molar-refractivity contribution in [1.82, 2.24) is 4.57 Å². The number of carbonyl (C=O) groups is 2. The lowest BCUT2D eigenvalue weighted by atomic mass is 10.1. The van der Waals surface area contributed by atoms with Crippen LogP contribution in [0.25, 0.3) is 5.69 Å². The summed E-state index contributed by atoms with van der Waals surface area (Å²) in [6.07, 6.45) is 0. The summed E-state index contributed by atoms with van der Waals surface area (Å²) in [6, 6.07) is 14.5. The summed E-state index contributed by atoms with van der Waals surface area (Å²) < 4.78 is 15.8. The fourth-order valence-corrected chi connectivity index (χ4v) is 3.04. The van der Waals surface area contributed by atoms with Crippen molar-refractivity contribution < 1.29 is 14.0 Å². The molecule has 2 aromatic carbocycles. The van der Waals surface area contributed by atoms with Gasteiger partial charge in [0.05, 0.1) is 16.4 Å². The normalized spacial score (nSPS) is 10.6. The molecule has 0 aliphatic heterocycles. The van der Waals surface area contributed by atoms with Crippen LogP contribution in [0.4, 0.5) is 10.1 Å². The first-order valence-corrected chi connectivity index (χ1v) is 8.32. The van der Waals surface area contributed by atoms with Crippen molar-refractivity contribution in [2.24, 2.45) is 0 Å². The Kier molecular flexibility index (Phi) is 4.91. The van der Waals surface area contributed by atoms with Crippen LogP contribution in [-0.4, -0.2) is 16.3 Å². The van der Waals surface area contributed by atoms with Crippen LogP contribution in [0.2, 0.25) is 5.02 Å². The number of rotatable bonds is 4. The van der Waals surface area contributed by atoms with Crippen molar-refractivity contribution in [3.8, 4) is 5.69 Å². The zero-order valence-corrected chi connectivity index (χ0v) is 15.0. The molecule has 0 unspecified atom stereocenters. The third-order valence-corrected chi connectivity index (χ3v) is 4.43. The Morgan fingerprint density at radius 1 is 1.04 bits per heavy atom. The van der Waals surface area contributed by atoms with E-state index in [4.69, 9.17) is 11.6 Å². The SMILES string of the molecule is Cc1cc(C(=O)C(=O)Nc2ccccc2Cl)c(C)n1-c1ccccc1F. The first-order valence-electron chi connectivity index (χ1n) is 7.94. The maximum atomic E-state index is 14.1. The maximum absolute atomic E-state index is 14.1. The van der Waals surface area contributed by atoms with E-state index < -0.39 is 17.5 Å². The zero-order chi connectivity index (χ0) is 18.8.